The minimum absolute atomic E-state index is 0.0790. The average Bonchev–Trinajstić information content (AvgIpc) is 2.53. The van der Waals surface area contributed by atoms with Crippen LogP contribution in [-0.2, 0) is 14.3 Å². The van der Waals surface area contributed by atoms with Gasteiger partial charge in [-0.25, -0.2) is 4.79 Å². The lowest BCUT2D eigenvalue weighted by Crippen LogP contribution is -2.30. The van der Waals surface area contributed by atoms with Crippen molar-refractivity contribution in [1.29, 1.82) is 0 Å². The maximum absolute atomic E-state index is 12.3. The summed E-state index contributed by atoms with van der Waals surface area (Å²) in [5.74, 6) is -0.257. The Morgan fingerprint density at radius 3 is 2.04 bits per heavy atom. The van der Waals surface area contributed by atoms with Gasteiger partial charge in [-0.3, -0.25) is 4.79 Å². The number of ketones is 1. The smallest absolute Gasteiger partial charge is 0.336 e. The summed E-state index contributed by atoms with van der Waals surface area (Å²) in [5, 5.41) is 3.11. The summed E-state index contributed by atoms with van der Waals surface area (Å²) in [6.07, 6.45) is 0. The maximum atomic E-state index is 12.3. The zero-order valence-corrected chi connectivity index (χ0v) is 14.0. The number of carbonyl (C=O) groups is 2. The van der Waals surface area contributed by atoms with E-state index in [4.69, 9.17) is 9.47 Å². The Labute approximate surface area is 136 Å². The molecule has 0 saturated carbocycles. The molecule has 1 aromatic carbocycles. The topological polar surface area (TPSA) is 64.6 Å². The summed E-state index contributed by atoms with van der Waals surface area (Å²) < 4.78 is 10.1. The van der Waals surface area contributed by atoms with Crippen molar-refractivity contribution < 1.29 is 19.1 Å². The van der Waals surface area contributed by atoms with E-state index in [0.717, 1.165) is 11.3 Å². The average molecular weight is 315 g/mol. The van der Waals surface area contributed by atoms with Gasteiger partial charge in [0.2, 0.25) is 0 Å². The highest BCUT2D eigenvalue weighted by Crippen LogP contribution is 2.39. The van der Waals surface area contributed by atoms with Gasteiger partial charge in [-0.2, -0.15) is 0 Å². The van der Waals surface area contributed by atoms with Gasteiger partial charge < -0.3 is 14.8 Å². The van der Waals surface area contributed by atoms with Crippen molar-refractivity contribution in [3.63, 3.8) is 0 Å². The second kappa shape index (κ2) is 6.69. The third kappa shape index (κ3) is 3.13. The number of Topliss-reactive ketones (excluding diaryl/α,β-unsaturated/α-hetero) is 1. The van der Waals surface area contributed by atoms with Crippen LogP contribution in [0, 0.1) is 0 Å². The Morgan fingerprint density at radius 2 is 1.57 bits per heavy atom. The molecule has 1 unspecified atom stereocenters. The first-order valence-electron chi connectivity index (χ1n) is 7.32. The Balaban J connectivity index is 2.63. The van der Waals surface area contributed by atoms with Gasteiger partial charge in [0.15, 0.2) is 5.78 Å². The largest absolute Gasteiger partial charge is 0.497 e. The molecule has 5 heteroatoms. The van der Waals surface area contributed by atoms with Crippen LogP contribution < -0.4 is 10.1 Å². The van der Waals surface area contributed by atoms with E-state index in [2.05, 4.69) is 5.32 Å². The van der Waals surface area contributed by atoms with Crippen LogP contribution in [0.3, 0.4) is 0 Å². The third-order valence-corrected chi connectivity index (χ3v) is 3.99. The fraction of sp³-hybridized carbons (Fsp3) is 0.333. The lowest BCUT2D eigenvalue weighted by atomic mass is 9.79. The van der Waals surface area contributed by atoms with Crippen molar-refractivity contribution in [2.45, 2.75) is 26.7 Å². The molecule has 1 N–H and O–H groups in total. The zero-order valence-electron chi connectivity index (χ0n) is 14.0. The molecule has 0 radical (unpaired) electrons. The van der Waals surface area contributed by atoms with Gasteiger partial charge >= 0.3 is 5.97 Å². The van der Waals surface area contributed by atoms with Crippen LogP contribution >= 0.6 is 0 Å². The van der Waals surface area contributed by atoms with E-state index in [9.17, 15) is 9.59 Å². The number of esters is 1. The summed E-state index contributed by atoms with van der Waals surface area (Å²) >= 11 is 0. The molecule has 0 aromatic heterocycles. The molecule has 1 aliphatic rings. The number of allylic oxidation sites excluding steroid dienone is 3. The van der Waals surface area contributed by atoms with Gasteiger partial charge in [-0.1, -0.05) is 12.1 Å². The first-order valence-corrected chi connectivity index (χ1v) is 7.32. The molecule has 0 saturated heterocycles. The Hall–Kier alpha value is -2.56. The van der Waals surface area contributed by atoms with Gasteiger partial charge in [0, 0.05) is 22.9 Å². The van der Waals surface area contributed by atoms with Gasteiger partial charge in [-0.05, 0) is 38.5 Å². The van der Waals surface area contributed by atoms with Crippen LogP contribution in [0.25, 0.3) is 0 Å². The third-order valence-electron chi connectivity index (χ3n) is 3.99. The number of methoxy groups -OCH3 is 2. The van der Waals surface area contributed by atoms with E-state index in [-0.39, 0.29) is 5.78 Å². The van der Waals surface area contributed by atoms with Crippen molar-refractivity contribution in [1.82, 2.24) is 5.32 Å². The van der Waals surface area contributed by atoms with E-state index in [0.29, 0.717) is 22.6 Å². The van der Waals surface area contributed by atoms with Crippen molar-refractivity contribution in [2.75, 3.05) is 14.2 Å². The van der Waals surface area contributed by atoms with Gasteiger partial charge in [0.1, 0.15) is 5.75 Å². The standard InChI is InChI=1S/C18H21NO4/c1-10-15(12(3)20)17(13-6-8-14(22-4)9-7-13)16(11(2)19-10)18(21)23-5/h6-9,17,19H,1-5H3. The van der Waals surface area contributed by atoms with Crippen LogP contribution in [0.2, 0.25) is 0 Å². The molecule has 5 nitrogen and oxygen atoms in total. The van der Waals surface area contributed by atoms with Crippen LogP contribution in [0.15, 0.2) is 46.8 Å². The SMILES string of the molecule is COC(=O)C1=C(C)NC(C)=C(C(C)=O)C1c1ccc(OC)cc1. The van der Waals surface area contributed by atoms with E-state index in [1.54, 1.807) is 7.11 Å². The summed E-state index contributed by atoms with van der Waals surface area (Å²) in [5.41, 5.74) is 3.31. The summed E-state index contributed by atoms with van der Waals surface area (Å²) in [6, 6.07) is 7.35. The molecule has 1 aliphatic heterocycles. The highest BCUT2D eigenvalue weighted by atomic mass is 16.5. The number of hydrogen-bond acceptors (Lipinski definition) is 5. The normalized spacial score (nSPS) is 17.7. The molecule has 0 amide bonds. The van der Waals surface area contributed by atoms with Gasteiger partial charge in [0.05, 0.1) is 19.8 Å². The van der Waals surface area contributed by atoms with Crippen LogP contribution in [0.1, 0.15) is 32.3 Å². The first kappa shape index (κ1) is 16.8. The molecule has 1 heterocycles. The number of nitrogens with one attached hydrogen (secondary N) is 1. The van der Waals surface area contributed by atoms with Crippen LogP contribution in [0.4, 0.5) is 0 Å². The minimum atomic E-state index is -0.452. The van der Waals surface area contributed by atoms with Crippen molar-refractivity contribution in [3.05, 3.63) is 52.4 Å². The van der Waals surface area contributed by atoms with E-state index >= 15 is 0 Å². The second-order valence-corrected chi connectivity index (χ2v) is 5.46. The quantitative estimate of drug-likeness (QED) is 0.866. The second-order valence-electron chi connectivity index (χ2n) is 5.46. The molecule has 2 rings (SSSR count). The highest BCUT2D eigenvalue weighted by molar-refractivity contribution is 6.02. The monoisotopic (exact) mass is 315 g/mol. The first-order chi connectivity index (χ1) is 10.9. The van der Waals surface area contributed by atoms with E-state index in [1.807, 2.05) is 38.1 Å². The molecule has 1 atom stereocenters. The summed E-state index contributed by atoms with van der Waals surface area (Å²) in [6.45, 7) is 5.15. The molecule has 0 spiro atoms. The predicted molar refractivity (Wildman–Crippen MR) is 87.0 cm³/mol. The van der Waals surface area contributed by atoms with Crippen LogP contribution in [0.5, 0.6) is 5.75 Å². The highest BCUT2D eigenvalue weighted by Gasteiger charge is 2.35. The Bertz CT molecular complexity index is 698. The molecule has 1 aromatic rings. The number of ether oxygens (including phenoxy) is 2. The number of hydrogen-bond donors (Lipinski definition) is 1. The van der Waals surface area contributed by atoms with E-state index < -0.39 is 11.9 Å². The number of rotatable bonds is 4. The lowest BCUT2D eigenvalue weighted by molar-refractivity contribution is -0.136. The van der Waals surface area contributed by atoms with Crippen molar-refractivity contribution >= 4 is 11.8 Å². The van der Waals surface area contributed by atoms with Crippen LogP contribution in [-0.4, -0.2) is 26.0 Å². The fourth-order valence-corrected chi connectivity index (χ4v) is 2.97. The van der Waals surface area contributed by atoms with Crippen molar-refractivity contribution in [3.8, 4) is 5.75 Å². The predicted octanol–water partition coefficient (Wildman–Crippen LogP) is 2.69. The number of carbonyl (C=O) groups excluding carboxylic acids is 2. The lowest BCUT2D eigenvalue weighted by Gasteiger charge is -2.30. The Kier molecular flexibility index (Phi) is 4.89. The number of benzene rings is 1. The summed E-state index contributed by atoms with van der Waals surface area (Å²) in [7, 11) is 2.93. The molecular formula is C18H21NO4. The zero-order chi connectivity index (χ0) is 17.1. The molecule has 122 valence electrons. The molecule has 0 fully saturated rings. The minimum Gasteiger partial charge on any atom is -0.497 e. The summed E-state index contributed by atoms with van der Waals surface area (Å²) in [4.78, 5) is 24.5. The van der Waals surface area contributed by atoms with Gasteiger partial charge in [-0.15, -0.1) is 0 Å². The molecule has 0 aliphatic carbocycles. The molecular weight excluding hydrogens is 294 g/mol. The van der Waals surface area contributed by atoms with Gasteiger partial charge in [0.25, 0.3) is 0 Å². The fourth-order valence-electron chi connectivity index (χ4n) is 2.97. The molecule has 23 heavy (non-hydrogen) atoms. The number of dihydropyridines is 1. The Morgan fingerprint density at radius 1 is 1.00 bits per heavy atom. The molecule has 0 bridgehead atoms. The maximum Gasteiger partial charge on any atom is 0.336 e. The van der Waals surface area contributed by atoms with Crippen molar-refractivity contribution in [2.24, 2.45) is 0 Å². The van der Waals surface area contributed by atoms with E-state index in [1.165, 1.54) is 14.0 Å².